The molecule has 11 heavy (non-hydrogen) atoms. The van der Waals surface area contributed by atoms with Crippen molar-refractivity contribution in [3.05, 3.63) is 0 Å². The third-order valence-electron chi connectivity index (χ3n) is 1.94. The highest BCUT2D eigenvalue weighted by molar-refractivity contribution is 5.58. The molecule has 1 heterocycles. The zero-order valence-corrected chi connectivity index (χ0v) is 6.17. The number of alkyl halides is 2. The molecule has 0 aliphatic carbocycles. The van der Waals surface area contributed by atoms with E-state index < -0.39 is 6.43 Å². The summed E-state index contributed by atoms with van der Waals surface area (Å²) < 4.78 is 23.7. The lowest BCUT2D eigenvalue weighted by molar-refractivity contribution is -0.112. The van der Waals surface area contributed by atoms with Crippen LogP contribution in [0.15, 0.2) is 0 Å². The van der Waals surface area contributed by atoms with E-state index in [2.05, 4.69) is 0 Å². The van der Waals surface area contributed by atoms with Gasteiger partial charge in [0.05, 0.1) is 12.6 Å². The molecule has 0 saturated carbocycles. The third-order valence-corrected chi connectivity index (χ3v) is 1.94. The first-order valence-electron chi connectivity index (χ1n) is 3.71. The Morgan fingerprint density at radius 2 is 2.36 bits per heavy atom. The molecule has 2 nitrogen and oxygen atoms in total. The first-order valence-corrected chi connectivity index (χ1v) is 3.71. The average molecular weight is 163 g/mol. The summed E-state index contributed by atoms with van der Waals surface area (Å²) in [4.78, 5) is 11.9. The van der Waals surface area contributed by atoms with Crippen LogP contribution in [0.3, 0.4) is 0 Å². The van der Waals surface area contributed by atoms with Crippen molar-refractivity contribution in [2.45, 2.75) is 25.3 Å². The average Bonchev–Trinajstić information content (AvgIpc) is 2.34. The summed E-state index contributed by atoms with van der Waals surface area (Å²) in [5.74, 6) is 0. The smallest absolute Gasteiger partial charge is 0.251 e. The highest BCUT2D eigenvalue weighted by Crippen LogP contribution is 2.16. The van der Waals surface area contributed by atoms with E-state index in [1.165, 1.54) is 4.90 Å². The van der Waals surface area contributed by atoms with Gasteiger partial charge in [-0.3, -0.25) is 4.90 Å². The van der Waals surface area contributed by atoms with Gasteiger partial charge in [0.25, 0.3) is 6.43 Å². The van der Waals surface area contributed by atoms with E-state index in [1.807, 2.05) is 0 Å². The van der Waals surface area contributed by atoms with Gasteiger partial charge in [-0.1, -0.05) is 0 Å². The van der Waals surface area contributed by atoms with Gasteiger partial charge in [0.2, 0.25) is 0 Å². The van der Waals surface area contributed by atoms with E-state index in [1.54, 1.807) is 0 Å². The fourth-order valence-electron chi connectivity index (χ4n) is 1.41. The van der Waals surface area contributed by atoms with Crippen LogP contribution in [0.4, 0.5) is 8.78 Å². The Labute approximate surface area is 64.2 Å². The van der Waals surface area contributed by atoms with E-state index in [0.29, 0.717) is 6.54 Å². The Bertz CT molecular complexity index is 140. The minimum Gasteiger partial charge on any atom is -0.302 e. The number of carbonyl (C=O) groups is 1. The molecule has 1 saturated heterocycles. The topological polar surface area (TPSA) is 20.3 Å². The number of hydrogen-bond acceptors (Lipinski definition) is 2. The van der Waals surface area contributed by atoms with Crippen LogP contribution in [0, 0.1) is 0 Å². The van der Waals surface area contributed by atoms with Crippen molar-refractivity contribution in [3.8, 4) is 0 Å². The van der Waals surface area contributed by atoms with Crippen LogP contribution < -0.4 is 0 Å². The molecule has 0 amide bonds. The molecule has 1 fully saturated rings. The molecule has 0 radical (unpaired) electrons. The van der Waals surface area contributed by atoms with Crippen molar-refractivity contribution in [2.75, 3.05) is 13.1 Å². The number of halogens is 2. The Morgan fingerprint density at radius 1 is 1.64 bits per heavy atom. The molecule has 1 aliphatic rings. The zero-order chi connectivity index (χ0) is 8.27. The molecule has 64 valence electrons. The standard InChI is InChI=1S/C7H11F2NO/c8-7(9)4-10-3-1-2-6(10)5-11/h5-7H,1-4H2. The van der Waals surface area contributed by atoms with Crippen molar-refractivity contribution in [1.29, 1.82) is 0 Å². The summed E-state index contributed by atoms with van der Waals surface area (Å²) in [6.45, 7) is 0.372. The molecule has 1 rings (SSSR count). The Balaban J connectivity index is 2.37. The van der Waals surface area contributed by atoms with Gasteiger partial charge in [-0.2, -0.15) is 0 Å². The van der Waals surface area contributed by atoms with Crippen LogP contribution in [0.25, 0.3) is 0 Å². The molecular formula is C7H11F2NO. The quantitative estimate of drug-likeness (QED) is 0.576. The van der Waals surface area contributed by atoms with Crippen LogP contribution in [-0.4, -0.2) is 36.7 Å². The summed E-state index contributed by atoms with van der Waals surface area (Å²) in [5.41, 5.74) is 0. The van der Waals surface area contributed by atoms with E-state index in [9.17, 15) is 13.6 Å². The van der Waals surface area contributed by atoms with Gasteiger partial charge in [-0.05, 0) is 19.4 Å². The summed E-state index contributed by atoms with van der Waals surface area (Å²) in [7, 11) is 0. The Morgan fingerprint density at radius 3 is 2.91 bits per heavy atom. The maximum absolute atomic E-state index is 11.8. The van der Waals surface area contributed by atoms with E-state index >= 15 is 0 Å². The predicted molar refractivity (Wildman–Crippen MR) is 36.7 cm³/mol. The van der Waals surface area contributed by atoms with Gasteiger partial charge in [0.1, 0.15) is 6.29 Å². The maximum Gasteiger partial charge on any atom is 0.251 e. The number of hydrogen-bond donors (Lipinski definition) is 0. The summed E-state index contributed by atoms with van der Waals surface area (Å²) in [5, 5.41) is 0. The normalized spacial score (nSPS) is 26.3. The molecule has 1 unspecified atom stereocenters. The molecule has 0 spiro atoms. The summed E-state index contributed by atoms with van der Waals surface area (Å²) in [6, 6.07) is -0.260. The van der Waals surface area contributed by atoms with Crippen molar-refractivity contribution in [3.63, 3.8) is 0 Å². The van der Waals surface area contributed by atoms with E-state index in [-0.39, 0.29) is 12.6 Å². The van der Waals surface area contributed by atoms with Crippen LogP contribution in [-0.2, 0) is 4.79 Å². The first kappa shape index (κ1) is 8.59. The van der Waals surface area contributed by atoms with Crippen molar-refractivity contribution in [1.82, 2.24) is 4.90 Å². The van der Waals surface area contributed by atoms with Gasteiger partial charge >= 0.3 is 0 Å². The monoisotopic (exact) mass is 163 g/mol. The van der Waals surface area contributed by atoms with Crippen molar-refractivity contribution in [2.24, 2.45) is 0 Å². The van der Waals surface area contributed by atoms with Gasteiger partial charge in [0.15, 0.2) is 0 Å². The molecule has 1 aliphatic heterocycles. The fraction of sp³-hybridized carbons (Fsp3) is 0.857. The second-order valence-electron chi connectivity index (χ2n) is 2.73. The second-order valence-corrected chi connectivity index (χ2v) is 2.73. The fourth-order valence-corrected chi connectivity index (χ4v) is 1.41. The largest absolute Gasteiger partial charge is 0.302 e. The molecule has 0 aromatic carbocycles. The van der Waals surface area contributed by atoms with Crippen molar-refractivity contribution < 1.29 is 13.6 Å². The van der Waals surface area contributed by atoms with Crippen LogP contribution in [0.1, 0.15) is 12.8 Å². The summed E-state index contributed by atoms with van der Waals surface area (Å²) in [6.07, 6.45) is 0.0254. The highest BCUT2D eigenvalue weighted by Gasteiger charge is 2.25. The first-order chi connectivity index (χ1) is 5.24. The molecule has 0 aromatic rings. The van der Waals surface area contributed by atoms with Crippen molar-refractivity contribution >= 4 is 6.29 Å². The van der Waals surface area contributed by atoms with Gasteiger partial charge in [0, 0.05) is 0 Å². The lowest BCUT2D eigenvalue weighted by Crippen LogP contribution is -2.34. The SMILES string of the molecule is O=CC1CCCN1CC(F)F. The van der Waals surface area contributed by atoms with Gasteiger partial charge < -0.3 is 4.79 Å². The third kappa shape index (κ3) is 2.22. The molecule has 0 bridgehead atoms. The van der Waals surface area contributed by atoms with E-state index in [4.69, 9.17) is 0 Å². The number of rotatable bonds is 3. The highest BCUT2D eigenvalue weighted by atomic mass is 19.3. The Hall–Kier alpha value is -0.510. The zero-order valence-electron chi connectivity index (χ0n) is 6.17. The minimum absolute atomic E-state index is 0.260. The number of likely N-dealkylation sites (tertiary alicyclic amines) is 1. The van der Waals surface area contributed by atoms with Gasteiger partial charge in [-0.25, -0.2) is 8.78 Å². The lowest BCUT2D eigenvalue weighted by Gasteiger charge is -2.18. The summed E-state index contributed by atoms with van der Waals surface area (Å²) >= 11 is 0. The number of carbonyl (C=O) groups excluding carboxylic acids is 1. The van der Waals surface area contributed by atoms with Crippen LogP contribution in [0.2, 0.25) is 0 Å². The molecule has 1 atom stereocenters. The van der Waals surface area contributed by atoms with Gasteiger partial charge in [-0.15, -0.1) is 0 Å². The molecule has 0 aromatic heterocycles. The maximum atomic E-state index is 11.8. The Kier molecular flexibility index (Phi) is 2.93. The number of aldehydes is 1. The predicted octanol–water partition coefficient (Wildman–Crippen LogP) is 0.915. The second kappa shape index (κ2) is 3.76. The number of nitrogens with zero attached hydrogens (tertiary/aromatic N) is 1. The minimum atomic E-state index is -2.32. The lowest BCUT2D eigenvalue weighted by atomic mass is 10.2. The van der Waals surface area contributed by atoms with Crippen LogP contribution in [0.5, 0.6) is 0 Å². The molecule has 4 heteroatoms. The molecule has 0 N–H and O–H groups in total. The van der Waals surface area contributed by atoms with Crippen LogP contribution >= 0.6 is 0 Å². The van der Waals surface area contributed by atoms with E-state index in [0.717, 1.165) is 19.1 Å². The molecular weight excluding hydrogens is 152 g/mol.